The lowest BCUT2D eigenvalue weighted by molar-refractivity contribution is -0.130. The fourth-order valence-corrected chi connectivity index (χ4v) is 2.91. The summed E-state index contributed by atoms with van der Waals surface area (Å²) in [5, 5.41) is 6.06. The van der Waals surface area contributed by atoms with Crippen LogP contribution < -0.4 is 15.4 Å². The summed E-state index contributed by atoms with van der Waals surface area (Å²) < 4.78 is 5.74. The van der Waals surface area contributed by atoms with Gasteiger partial charge in [0, 0.05) is 18.0 Å². The van der Waals surface area contributed by atoms with Gasteiger partial charge in [-0.1, -0.05) is 52.0 Å². The Balaban J connectivity index is 2.26. The van der Waals surface area contributed by atoms with Gasteiger partial charge in [0.2, 0.25) is 5.91 Å². The first kappa shape index (κ1) is 20.0. The largest absolute Gasteiger partial charge is 0.489 e. The van der Waals surface area contributed by atoms with Gasteiger partial charge in [0.1, 0.15) is 12.4 Å². The van der Waals surface area contributed by atoms with E-state index < -0.39 is 5.41 Å². The number of benzene rings is 1. The molecule has 2 rings (SSSR count). The molecule has 0 saturated carbocycles. The van der Waals surface area contributed by atoms with Crippen LogP contribution in [0, 0.1) is 11.3 Å². The van der Waals surface area contributed by atoms with Crippen LogP contribution in [0.2, 0.25) is 0 Å². The Morgan fingerprint density at radius 3 is 2.65 bits per heavy atom. The summed E-state index contributed by atoms with van der Waals surface area (Å²) in [4.78, 5) is 25.3. The summed E-state index contributed by atoms with van der Waals surface area (Å²) in [6.45, 7) is 8.83. The van der Waals surface area contributed by atoms with Crippen molar-refractivity contribution in [3.05, 3.63) is 42.0 Å². The van der Waals surface area contributed by atoms with Crippen molar-refractivity contribution in [3.8, 4) is 5.75 Å². The van der Waals surface area contributed by atoms with E-state index in [2.05, 4.69) is 24.5 Å². The van der Waals surface area contributed by atoms with Crippen molar-refractivity contribution in [3.63, 3.8) is 0 Å². The van der Waals surface area contributed by atoms with Gasteiger partial charge in [0.15, 0.2) is 0 Å². The van der Waals surface area contributed by atoms with Gasteiger partial charge in [-0.25, -0.2) is 0 Å². The number of hydrogen-bond donors (Lipinski definition) is 2. The van der Waals surface area contributed by atoms with Crippen LogP contribution in [0.15, 0.2) is 36.4 Å². The van der Waals surface area contributed by atoms with E-state index in [4.69, 9.17) is 4.74 Å². The van der Waals surface area contributed by atoms with Gasteiger partial charge in [-0.3, -0.25) is 9.59 Å². The van der Waals surface area contributed by atoms with Gasteiger partial charge in [0.25, 0.3) is 5.91 Å². The van der Waals surface area contributed by atoms with Crippen LogP contribution in [-0.2, 0) is 4.79 Å². The zero-order chi connectivity index (χ0) is 19.2. The van der Waals surface area contributed by atoms with Crippen molar-refractivity contribution in [1.82, 2.24) is 10.6 Å². The molecule has 0 aromatic heterocycles. The predicted octanol–water partition coefficient (Wildman–Crippen LogP) is 3.31. The molecular formula is C21H30N2O3. The standard InChI is InChI=1S/C21H30N2O3/c1-15(2)13-16-14-22-19(24)17-9-5-6-10-18(17)26-12-8-7-11-21(3,4)20(25)23-16/h5-10,15-16H,11-14H2,1-4H3,(H,22,24)(H,23,25)/b8-7-/t16-/m0/s1. The highest BCUT2D eigenvalue weighted by molar-refractivity contribution is 5.97. The molecule has 0 fully saturated rings. The van der Waals surface area contributed by atoms with E-state index in [1.165, 1.54) is 0 Å². The Bertz CT molecular complexity index is 665. The third kappa shape index (κ3) is 5.61. The average molecular weight is 358 g/mol. The lowest BCUT2D eigenvalue weighted by Gasteiger charge is -2.28. The van der Waals surface area contributed by atoms with Crippen LogP contribution in [-0.4, -0.2) is 31.0 Å². The molecule has 0 saturated heterocycles. The third-order valence-corrected chi connectivity index (χ3v) is 4.48. The number of carbonyl (C=O) groups is 2. The predicted molar refractivity (Wildman–Crippen MR) is 103 cm³/mol. The van der Waals surface area contributed by atoms with Gasteiger partial charge in [-0.2, -0.15) is 0 Å². The Morgan fingerprint density at radius 2 is 1.92 bits per heavy atom. The fraction of sp³-hybridized carbons (Fsp3) is 0.524. The lowest BCUT2D eigenvalue weighted by atomic mass is 9.87. The van der Waals surface area contributed by atoms with E-state index in [9.17, 15) is 9.59 Å². The maximum absolute atomic E-state index is 12.7. The number of hydrogen-bond acceptors (Lipinski definition) is 3. The first-order valence-corrected chi connectivity index (χ1v) is 9.25. The van der Waals surface area contributed by atoms with Gasteiger partial charge in [-0.05, 0) is 30.9 Å². The van der Waals surface area contributed by atoms with Gasteiger partial charge >= 0.3 is 0 Å². The second-order valence-electron chi connectivity index (χ2n) is 7.88. The molecular weight excluding hydrogens is 328 g/mol. The monoisotopic (exact) mass is 358 g/mol. The number of amides is 2. The number of carbonyl (C=O) groups excluding carboxylic acids is 2. The van der Waals surface area contributed by atoms with E-state index >= 15 is 0 Å². The second kappa shape index (κ2) is 8.88. The first-order chi connectivity index (χ1) is 12.3. The molecule has 26 heavy (non-hydrogen) atoms. The van der Waals surface area contributed by atoms with Crippen LogP contribution in [0.4, 0.5) is 0 Å². The van der Waals surface area contributed by atoms with Crippen LogP contribution in [0.3, 0.4) is 0 Å². The third-order valence-electron chi connectivity index (χ3n) is 4.48. The topological polar surface area (TPSA) is 67.4 Å². The van der Waals surface area contributed by atoms with Crippen LogP contribution in [0.1, 0.15) is 50.9 Å². The fourth-order valence-electron chi connectivity index (χ4n) is 2.91. The molecule has 0 aliphatic carbocycles. The summed E-state index contributed by atoms with van der Waals surface area (Å²) in [7, 11) is 0. The molecule has 0 unspecified atom stereocenters. The molecule has 142 valence electrons. The maximum Gasteiger partial charge on any atom is 0.255 e. The molecule has 5 heteroatoms. The molecule has 0 radical (unpaired) electrons. The summed E-state index contributed by atoms with van der Waals surface area (Å²) in [5.41, 5.74) is -0.00878. The van der Waals surface area contributed by atoms with E-state index in [1.54, 1.807) is 12.1 Å². The normalized spacial score (nSPS) is 22.4. The molecule has 1 aromatic rings. The van der Waals surface area contributed by atoms with E-state index in [-0.39, 0.29) is 17.9 Å². The molecule has 1 atom stereocenters. The Kier molecular flexibility index (Phi) is 6.83. The zero-order valence-electron chi connectivity index (χ0n) is 16.2. The zero-order valence-corrected chi connectivity index (χ0v) is 16.2. The number of nitrogens with one attached hydrogen (secondary N) is 2. The molecule has 1 aliphatic heterocycles. The van der Waals surface area contributed by atoms with Crippen LogP contribution >= 0.6 is 0 Å². The van der Waals surface area contributed by atoms with Crippen molar-refractivity contribution in [2.45, 2.75) is 46.6 Å². The number of rotatable bonds is 2. The Labute approximate surface area is 156 Å². The molecule has 5 nitrogen and oxygen atoms in total. The highest BCUT2D eigenvalue weighted by atomic mass is 16.5. The minimum absolute atomic E-state index is 0.000395. The van der Waals surface area contributed by atoms with Crippen molar-refractivity contribution in [1.29, 1.82) is 0 Å². The highest BCUT2D eigenvalue weighted by Gasteiger charge is 2.28. The van der Waals surface area contributed by atoms with E-state index in [1.807, 2.05) is 38.1 Å². The minimum Gasteiger partial charge on any atom is -0.489 e. The quantitative estimate of drug-likeness (QED) is 0.797. The number of ether oxygens (including phenoxy) is 1. The summed E-state index contributed by atoms with van der Waals surface area (Å²) >= 11 is 0. The summed E-state index contributed by atoms with van der Waals surface area (Å²) in [6.07, 6.45) is 5.28. The van der Waals surface area contributed by atoms with Gasteiger partial charge < -0.3 is 15.4 Å². The minimum atomic E-state index is -0.516. The molecule has 1 heterocycles. The molecule has 1 aliphatic rings. The highest BCUT2D eigenvalue weighted by Crippen LogP contribution is 2.23. The SMILES string of the molecule is CC(C)C[C@H]1CNC(=O)c2ccccc2OC/C=C\CC(C)(C)C(=O)N1. The maximum atomic E-state index is 12.7. The summed E-state index contributed by atoms with van der Waals surface area (Å²) in [5.74, 6) is 0.787. The van der Waals surface area contributed by atoms with Crippen molar-refractivity contribution in [2.75, 3.05) is 13.2 Å². The number of para-hydroxylation sites is 1. The number of allylic oxidation sites excluding steroid dienone is 1. The first-order valence-electron chi connectivity index (χ1n) is 9.25. The van der Waals surface area contributed by atoms with Crippen LogP contribution in [0.5, 0.6) is 5.75 Å². The van der Waals surface area contributed by atoms with Crippen molar-refractivity contribution in [2.24, 2.45) is 11.3 Å². The average Bonchev–Trinajstić information content (AvgIpc) is 2.58. The molecule has 1 aromatic carbocycles. The van der Waals surface area contributed by atoms with Crippen molar-refractivity contribution >= 4 is 11.8 Å². The van der Waals surface area contributed by atoms with Crippen LogP contribution in [0.25, 0.3) is 0 Å². The van der Waals surface area contributed by atoms with Gasteiger partial charge in [-0.15, -0.1) is 0 Å². The van der Waals surface area contributed by atoms with E-state index in [0.29, 0.717) is 36.8 Å². The molecule has 2 N–H and O–H groups in total. The van der Waals surface area contributed by atoms with Crippen molar-refractivity contribution < 1.29 is 14.3 Å². The van der Waals surface area contributed by atoms with Gasteiger partial charge in [0.05, 0.1) is 5.56 Å². The Hall–Kier alpha value is -2.30. The number of fused-ring (bicyclic) bond motifs is 1. The Morgan fingerprint density at radius 1 is 1.19 bits per heavy atom. The summed E-state index contributed by atoms with van der Waals surface area (Å²) in [6, 6.07) is 7.11. The smallest absolute Gasteiger partial charge is 0.255 e. The lowest BCUT2D eigenvalue weighted by Crippen LogP contribution is -2.48. The molecule has 2 amide bonds. The van der Waals surface area contributed by atoms with E-state index in [0.717, 1.165) is 6.42 Å². The molecule has 0 spiro atoms. The second-order valence-corrected chi connectivity index (χ2v) is 7.88. The molecule has 0 bridgehead atoms.